The maximum Gasteiger partial charge on any atom is 0.161 e. The van der Waals surface area contributed by atoms with Crippen molar-refractivity contribution in [1.29, 1.82) is 0 Å². The van der Waals surface area contributed by atoms with E-state index in [-0.39, 0.29) is 0 Å². The Kier molecular flexibility index (Phi) is 4.66. The van der Waals surface area contributed by atoms with Gasteiger partial charge >= 0.3 is 0 Å². The van der Waals surface area contributed by atoms with Gasteiger partial charge in [0.1, 0.15) is 0 Å². The van der Waals surface area contributed by atoms with Gasteiger partial charge in [0.15, 0.2) is 11.5 Å². The molecule has 0 aliphatic heterocycles. The molecule has 0 unspecified atom stereocenters. The molecule has 90 valence electrons. The van der Waals surface area contributed by atoms with E-state index >= 15 is 0 Å². The molecule has 1 rings (SSSR count). The average molecular weight is 222 g/mol. The first-order valence-corrected chi connectivity index (χ1v) is 5.86. The van der Waals surface area contributed by atoms with Crippen molar-refractivity contribution in [2.75, 3.05) is 14.2 Å². The Morgan fingerprint density at radius 2 is 1.50 bits per heavy atom. The molecular weight excluding hydrogens is 200 g/mol. The van der Waals surface area contributed by atoms with Crippen LogP contribution in [0.3, 0.4) is 0 Å². The lowest BCUT2D eigenvalue weighted by Crippen LogP contribution is -2.01. The van der Waals surface area contributed by atoms with Gasteiger partial charge in [0.05, 0.1) is 14.2 Å². The van der Waals surface area contributed by atoms with Gasteiger partial charge in [0.2, 0.25) is 0 Å². The van der Waals surface area contributed by atoms with Crippen molar-refractivity contribution in [3.05, 3.63) is 23.3 Å². The summed E-state index contributed by atoms with van der Waals surface area (Å²) < 4.78 is 10.6. The molecule has 2 heteroatoms. The monoisotopic (exact) mass is 222 g/mol. The number of rotatable bonds is 5. The molecule has 0 fully saturated rings. The van der Waals surface area contributed by atoms with Crippen molar-refractivity contribution in [2.24, 2.45) is 5.92 Å². The minimum absolute atomic E-state index is 0.656. The van der Waals surface area contributed by atoms with E-state index in [0.29, 0.717) is 5.92 Å². The third-order valence-electron chi connectivity index (χ3n) is 2.71. The minimum Gasteiger partial charge on any atom is -0.493 e. The van der Waals surface area contributed by atoms with Gasteiger partial charge in [0.25, 0.3) is 0 Å². The summed E-state index contributed by atoms with van der Waals surface area (Å²) in [4.78, 5) is 0. The Balaban J connectivity index is 3.15. The summed E-state index contributed by atoms with van der Waals surface area (Å²) in [5, 5.41) is 0. The zero-order chi connectivity index (χ0) is 12.1. The van der Waals surface area contributed by atoms with Crippen LogP contribution in [0.1, 0.15) is 31.9 Å². The second-order valence-electron chi connectivity index (χ2n) is 4.43. The molecule has 2 nitrogen and oxygen atoms in total. The summed E-state index contributed by atoms with van der Waals surface area (Å²) in [6.07, 6.45) is 2.12. The Labute approximate surface area is 98.6 Å². The van der Waals surface area contributed by atoms with E-state index < -0.39 is 0 Å². The van der Waals surface area contributed by atoms with Crippen molar-refractivity contribution in [2.45, 2.75) is 33.6 Å². The highest BCUT2D eigenvalue weighted by molar-refractivity contribution is 5.47. The predicted octanol–water partition coefficient (Wildman–Crippen LogP) is 3.46. The fourth-order valence-corrected chi connectivity index (χ4v) is 1.92. The summed E-state index contributed by atoms with van der Waals surface area (Å²) in [7, 11) is 3.36. The molecule has 0 radical (unpaired) electrons. The second kappa shape index (κ2) is 5.78. The lowest BCUT2D eigenvalue weighted by Gasteiger charge is -2.15. The molecule has 0 bridgehead atoms. The molecule has 0 spiro atoms. The van der Waals surface area contributed by atoms with Gasteiger partial charge in [-0.25, -0.2) is 0 Å². The zero-order valence-electron chi connectivity index (χ0n) is 11.0. The van der Waals surface area contributed by atoms with Crippen molar-refractivity contribution in [3.63, 3.8) is 0 Å². The molecule has 0 saturated heterocycles. The lowest BCUT2D eigenvalue weighted by atomic mass is 9.96. The van der Waals surface area contributed by atoms with Crippen molar-refractivity contribution < 1.29 is 9.47 Å². The summed E-state index contributed by atoms with van der Waals surface area (Å²) in [6, 6.07) is 4.20. The van der Waals surface area contributed by atoms with Crippen LogP contribution in [0.25, 0.3) is 0 Å². The number of benzene rings is 1. The minimum atomic E-state index is 0.656. The van der Waals surface area contributed by atoms with E-state index in [1.54, 1.807) is 14.2 Å². The molecule has 0 aliphatic carbocycles. The van der Waals surface area contributed by atoms with Gasteiger partial charge in [0, 0.05) is 0 Å². The van der Waals surface area contributed by atoms with E-state index in [1.807, 2.05) is 0 Å². The molecule has 0 saturated carbocycles. The highest BCUT2D eigenvalue weighted by Crippen LogP contribution is 2.31. The molecule has 16 heavy (non-hydrogen) atoms. The quantitative estimate of drug-likeness (QED) is 0.759. The maximum atomic E-state index is 5.33. The summed E-state index contributed by atoms with van der Waals surface area (Å²) in [5.74, 6) is 2.31. The van der Waals surface area contributed by atoms with Gasteiger partial charge in [-0.2, -0.15) is 0 Å². The molecule has 0 aliphatic rings. The van der Waals surface area contributed by atoms with E-state index in [1.165, 1.54) is 11.1 Å². The Bertz CT molecular complexity index is 343. The number of ether oxygens (including phenoxy) is 2. The summed E-state index contributed by atoms with van der Waals surface area (Å²) in [6.45, 7) is 6.64. The number of hydrogen-bond acceptors (Lipinski definition) is 2. The molecule has 0 atom stereocenters. The second-order valence-corrected chi connectivity index (χ2v) is 4.43. The third kappa shape index (κ3) is 2.91. The Hall–Kier alpha value is -1.18. The van der Waals surface area contributed by atoms with Gasteiger partial charge in [-0.3, -0.25) is 0 Å². The number of methoxy groups -OCH3 is 2. The van der Waals surface area contributed by atoms with Gasteiger partial charge in [-0.15, -0.1) is 0 Å². The molecule has 1 aromatic rings. The largest absolute Gasteiger partial charge is 0.493 e. The van der Waals surface area contributed by atoms with E-state index in [2.05, 4.69) is 32.9 Å². The van der Waals surface area contributed by atoms with E-state index in [4.69, 9.17) is 9.47 Å². The van der Waals surface area contributed by atoms with Crippen LogP contribution in [0.4, 0.5) is 0 Å². The SMILES string of the molecule is CCc1cc(OC)c(OC)cc1CC(C)C. The topological polar surface area (TPSA) is 18.5 Å². The van der Waals surface area contributed by atoms with Crippen LogP contribution < -0.4 is 9.47 Å². The van der Waals surface area contributed by atoms with E-state index in [9.17, 15) is 0 Å². The first-order chi connectivity index (χ1) is 7.62. The van der Waals surface area contributed by atoms with Crippen LogP contribution in [0.5, 0.6) is 11.5 Å². The van der Waals surface area contributed by atoms with Crippen molar-refractivity contribution >= 4 is 0 Å². The molecule has 0 heterocycles. The lowest BCUT2D eigenvalue weighted by molar-refractivity contribution is 0.354. The van der Waals surface area contributed by atoms with Gasteiger partial charge in [-0.1, -0.05) is 20.8 Å². The molecule has 0 N–H and O–H groups in total. The van der Waals surface area contributed by atoms with Crippen LogP contribution in [0.15, 0.2) is 12.1 Å². The highest BCUT2D eigenvalue weighted by atomic mass is 16.5. The van der Waals surface area contributed by atoms with Crippen molar-refractivity contribution in [3.8, 4) is 11.5 Å². The standard InChI is InChI=1S/C14H22O2/c1-6-11-8-13(15-4)14(16-5)9-12(11)7-10(2)3/h8-10H,6-7H2,1-5H3. The van der Waals surface area contributed by atoms with Crippen LogP contribution in [0, 0.1) is 5.92 Å². The van der Waals surface area contributed by atoms with Crippen LogP contribution in [0.2, 0.25) is 0 Å². The molecule has 1 aromatic carbocycles. The zero-order valence-corrected chi connectivity index (χ0v) is 11.0. The normalized spacial score (nSPS) is 10.6. The Morgan fingerprint density at radius 1 is 1.00 bits per heavy atom. The molecule has 0 amide bonds. The fraction of sp³-hybridized carbons (Fsp3) is 0.571. The molecular formula is C14H22O2. The average Bonchev–Trinajstić information content (AvgIpc) is 2.27. The summed E-state index contributed by atoms with van der Waals surface area (Å²) in [5.41, 5.74) is 2.72. The first-order valence-electron chi connectivity index (χ1n) is 5.86. The fourth-order valence-electron chi connectivity index (χ4n) is 1.92. The van der Waals surface area contributed by atoms with Crippen LogP contribution >= 0.6 is 0 Å². The van der Waals surface area contributed by atoms with Crippen LogP contribution in [-0.4, -0.2) is 14.2 Å². The predicted molar refractivity (Wildman–Crippen MR) is 67.5 cm³/mol. The van der Waals surface area contributed by atoms with Crippen LogP contribution in [-0.2, 0) is 12.8 Å². The third-order valence-corrected chi connectivity index (χ3v) is 2.71. The number of hydrogen-bond donors (Lipinski definition) is 0. The van der Waals surface area contributed by atoms with Gasteiger partial charge in [-0.05, 0) is 42.0 Å². The van der Waals surface area contributed by atoms with E-state index in [0.717, 1.165) is 24.3 Å². The first kappa shape index (κ1) is 12.9. The number of aryl methyl sites for hydroxylation is 1. The smallest absolute Gasteiger partial charge is 0.161 e. The molecule has 0 aromatic heterocycles. The van der Waals surface area contributed by atoms with Crippen molar-refractivity contribution in [1.82, 2.24) is 0 Å². The highest BCUT2D eigenvalue weighted by Gasteiger charge is 2.10. The van der Waals surface area contributed by atoms with Gasteiger partial charge < -0.3 is 9.47 Å². The summed E-state index contributed by atoms with van der Waals surface area (Å²) >= 11 is 0. The Morgan fingerprint density at radius 3 is 1.88 bits per heavy atom. The maximum absolute atomic E-state index is 5.33.